The van der Waals surface area contributed by atoms with Gasteiger partial charge in [-0.2, -0.15) is 13.2 Å². The summed E-state index contributed by atoms with van der Waals surface area (Å²) in [5.74, 6) is -1.96. The summed E-state index contributed by atoms with van der Waals surface area (Å²) >= 11 is 0. The number of nitro benzene ring substituents is 1. The lowest BCUT2D eigenvalue weighted by molar-refractivity contribution is -0.385. The minimum Gasteiger partial charge on any atom is -0.490 e. The van der Waals surface area contributed by atoms with Crippen LogP contribution in [-0.4, -0.2) is 42.2 Å². The molecule has 0 saturated carbocycles. The number of carbonyl (C=O) groups is 2. The summed E-state index contributed by atoms with van der Waals surface area (Å²) in [6.45, 7) is 0. The van der Waals surface area contributed by atoms with Crippen molar-refractivity contribution in [2.75, 3.05) is 14.2 Å². The highest BCUT2D eigenvalue weighted by molar-refractivity contribution is 5.87. The number of alkyl halides is 3. The smallest absolute Gasteiger partial charge is 0.416 e. The van der Waals surface area contributed by atoms with E-state index in [4.69, 9.17) is 4.74 Å². The number of aliphatic hydroxyl groups is 1. The molecule has 0 spiro atoms. The fourth-order valence-corrected chi connectivity index (χ4v) is 2.83. The number of rotatable bonds is 8. The predicted molar refractivity (Wildman–Crippen MR) is 104 cm³/mol. The fourth-order valence-electron chi connectivity index (χ4n) is 2.83. The van der Waals surface area contributed by atoms with Crippen LogP contribution in [0.2, 0.25) is 0 Å². The van der Waals surface area contributed by atoms with Crippen LogP contribution in [0.4, 0.5) is 18.9 Å². The van der Waals surface area contributed by atoms with E-state index < -0.39 is 40.7 Å². The number of amides is 1. The molecular formula is C20H19F3N2O7. The van der Waals surface area contributed by atoms with Crippen molar-refractivity contribution in [3.63, 3.8) is 0 Å². The summed E-state index contributed by atoms with van der Waals surface area (Å²) in [5, 5.41) is 23.6. The second-order valence-electron chi connectivity index (χ2n) is 6.57. The highest BCUT2D eigenvalue weighted by Gasteiger charge is 2.31. The summed E-state index contributed by atoms with van der Waals surface area (Å²) in [6, 6.07) is 5.89. The van der Waals surface area contributed by atoms with Gasteiger partial charge < -0.3 is 19.9 Å². The Bertz CT molecular complexity index is 994. The molecule has 9 nitrogen and oxygen atoms in total. The lowest BCUT2D eigenvalue weighted by Gasteiger charge is -2.19. The number of hydrogen-bond donors (Lipinski definition) is 2. The summed E-state index contributed by atoms with van der Waals surface area (Å²) in [7, 11) is 2.31. The Morgan fingerprint density at radius 2 is 1.78 bits per heavy atom. The van der Waals surface area contributed by atoms with Crippen LogP contribution in [0.1, 0.15) is 22.8 Å². The molecule has 0 aromatic heterocycles. The molecule has 0 fully saturated rings. The number of ether oxygens (including phenoxy) is 2. The van der Waals surface area contributed by atoms with E-state index in [1.807, 2.05) is 0 Å². The molecule has 1 amide bonds. The van der Waals surface area contributed by atoms with Crippen LogP contribution in [0.3, 0.4) is 0 Å². The molecule has 2 N–H and O–H groups in total. The fraction of sp³-hybridized carbons (Fsp3) is 0.300. The largest absolute Gasteiger partial charge is 0.490 e. The van der Waals surface area contributed by atoms with E-state index in [2.05, 4.69) is 10.1 Å². The molecule has 2 rings (SSSR count). The lowest BCUT2D eigenvalue weighted by Crippen LogP contribution is -2.45. The van der Waals surface area contributed by atoms with Crippen molar-refractivity contribution >= 4 is 17.6 Å². The van der Waals surface area contributed by atoms with Gasteiger partial charge in [0.05, 0.1) is 24.7 Å². The molecule has 0 radical (unpaired) electrons. The topological polar surface area (TPSA) is 128 Å². The SMILES string of the molecule is COC(=O)[C@H](Cc1ccc(OC)c([N+](=O)[O-])c1)NC(=O)[C@@H](O)c1ccc(C(F)(F)F)cc1. The number of nitrogens with zero attached hydrogens (tertiary/aromatic N) is 1. The zero-order chi connectivity index (χ0) is 24.1. The third-order valence-electron chi connectivity index (χ3n) is 4.48. The van der Waals surface area contributed by atoms with Crippen molar-refractivity contribution in [3.05, 3.63) is 69.3 Å². The van der Waals surface area contributed by atoms with Crippen molar-refractivity contribution in [1.82, 2.24) is 5.32 Å². The highest BCUT2D eigenvalue weighted by atomic mass is 19.4. The Labute approximate surface area is 179 Å². The molecular weight excluding hydrogens is 437 g/mol. The minimum atomic E-state index is -4.58. The maximum atomic E-state index is 12.7. The van der Waals surface area contributed by atoms with Crippen LogP contribution >= 0.6 is 0 Å². The number of esters is 1. The van der Waals surface area contributed by atoms with Gasteiger partial charge >= 0.3 is 17.8 Å². The van der Waals surface area contributed by atoms with Crippen LogP contribution in [0.25, 0.3) is 0 Å². The van der Waals surface area contributed by atoms with Crippen molar-refractivity contribution in [3.8, 4) is 5.75 Å². The van der Waals surface area contributed by atoms with Crippen molar-refractivity contribution in [2.24, 2.45) is 0 Å². The number of nitrogens with one attached hydrogen (secondary N) is 1. The Hall–Kier alpha value is -3.67. The average molecular weight is 456 g/mol. The second-order valence-corrected chi connectivity index (χ2v) is 6.57. The van der Waals surface area contributed by atoms with Gasteiger partial charge in [-0.25, -0.2) is 4.79 Å². The summed E-state index contributed by atoms with van der Waals surface area (Å²) in [6.07, 6.45) is -6.67. The van der Waals surface area contributed by atoms with Crippen molar-refractivity contribution < 1.29 is 42.3 Å². The maximum Gasteiger partial charge on any atom is 0.416 e. The summed E-state index contributed by atoms with van der Waals surface area (Å²) in [4.78, 5) is 35.0. The van der Waals surface area contributed by atoms with E-state index in [9.17, 15) is 38.0 Å². The number of methoxy groups -OCH3 is 2. The van der Waals surface area contributed by atoms with Crippen LogP contribution < -0.4 is 10.1 Å². The molecule has 0 aliphatic carbocycles. The monoisotopic (exact) mass is 456 g/mol. The van der Waals surface area contributed by atoms with E-state index in [1.54, 1.807) is 0 Å². The van der Waals surface area contributed by atoms with Crippen molar-refractivity contribution in [1.29, 1.82) is 0 Å². The third kappa shape index (κ3) is 5.94. The standard InChI is InChI=1S/C20H19F3N2O7/c1-31-16-8-3-11(10-15(16)25(29)30)9-14(19(28)32-2)24-18(27)17(26)12-4-6-13(7-5-12)20(21,22)23/h3-8,10,14,17,26H,9H2,1-2H3,(H,24,27)/t14-,17-/m0/s1. The van der Waals surface area contributed by atoms with Gasteiger partial charge in [-0.3, -0.25) is 14.9 Å². The third-order valence-corrected chi connectivity index (χ3v) is 4.48. The van der Waals surface area contributed by atoms with Gasteiger partial charge in [-0.05, 0) is 29.3 Å². The molecule has 0 aliphatic heterocycles. The molecule has 2 aromatic rings. The molecule has 0 heterocycles. The van der Waals surface area contributed by atoms with Gasteiger partial charge in [0, 0.05) is 12.5 Å². The number of nitro groups is 1. The number of hydrogen-bond acceptors (Lipinski definition) is 7. The van der Waals surface area contributed by atoms with Gasteiger partial charge in [-0.1, -0.05) is 18.2 Å². The first-order valence-corrected chi connectivity index (χ1v) is 9.02. The zero-order valence-electron chi connectivity index (χ0n) is 16.9. The lowest BCUT2D eigenvalue weighted by atomic mass is 10.0. The van der Waals surface area contributed by atoms with E-state index in [1.165, 1.54) is 19.2 Å². The second kappa shape index (κ2) is 10.1. The molecule has 2 atom stereocenters. The quantitative estimate of drug-likeness (QED) is 0.355. The first kappa shape index (κ1) is 24.6. The Balaban J connectivity index is 2.20. The summed E-state index contributed by atoms with van der Waals surface area (Å²) < 4.78 is 47.5. The van der Waals surface area contributed by atoms with E-state index >= 15 is 0 Å². The van der Waals surface area contributed by atoms with Gasteiger partial charge in [0.25, 0.3) is 5.91 Å². The number of carbonyl (C=O) groups excluding carboxylic acids is 2. The van der Waals surface area contributed by atoms with Gasteiger partial charge in [0.2, 0.25) is 0 Å². The van der Waals surface area contributed by atoms with E-state index in [0.717, 1.165) is 25.3 Å². The molecule has 172 valence electrons. The molecule has 32 heavy (non-hydrogen) atoms. The van der Waals surface area contributed by atoms with Gasteiger partial charge in [-0.15, -0.1) is 0 Å². The average Bonchev–Trinajstić information content (AvgIpc) is 2.76. The molecule has 0 unspecified atom stereocenters. The Morgan fingerprint density at radius 1 is 1.16 bits per heavy atom. The van der Waals surface area contributed by atoms with Gasteiger partial charge in [0.1, 0.15) is 6.04 Å². The number of aliphatic hydroxyl groups excluding tert-OH is 1. The Morgan fingerprint density at radius 3 is 2.28 bits per heavy atom. The van der Waals surface area contributed by atoms with Crippen LogP contribution in [0.5, 0.6) is 5.75 Å². The molecule has 2 aromatic carbocycles. The Kier molecular flexibility index (Phi) is 7.76. The normalized spacial score (nSPS) is 13.1. The van der Waals surface area contributed by atoms with Crippen LogP contribution in [0, 0.1) is 10.1 Å². The number of halogens is 3. The first-order chi connectivity index (χ1) is 15.0. The number of benzene rings is 2. The highest BCUT2D eigenvalue weighted by Crippen LogP contribution is 2.30. The summed E-state index contributed by atoms with van der Waals surface area (Å²) in [5.41, 5.74) is -1.15. The van der Waals surface area contributed by atoms with Crippen molar-refractivity contribution in [2.45, 2.75) is 24.7 Å². The van der Waals surface area contributed by atoms with E-state index in [0.29, 0.717) is 12.1 Å². The molecule has 0 saturated heterocycles. The van der Waals surface area contributed by atoms with Gasteiger partial charge in [0.15, 0.2) is 11.9 Å². The molecule has 0 bridgehead atoms. The minimum absolute atomic E-state index is 0.00451. The molecule has 0 aliphatic rings. The molecule has 12 heteroatoms. The predicted octanol–water partition coefficient (Wildman–Crippen LogP) is 2.56. The maximum absolute atomic E-state index is 12.7. The van der Waals surface area contributed by atoms with E-state index in [-0.39, 0.29) is 29.0 Å². The zero-order valence-corrected chi connectivity index (χ0v) is 16.9. The first-order valence-electron chi connectivity index (χ1n) is 9.02. The van der Waals surface area contributed by atoms with Crippen LogP contribution in [-0.2, 0) is 26.9 Å². The van der Waals surface area contributed by atoms with Crippen LogP contribution in [0.15, 0.2) is 42.5 Å².